The number of rotatable bonds is 4. The van der Waals surface area contributed by atoms with E-state index in [1.165, 1.54) is 12.3 Å². The maximum Gasteiger partial charge on any atom is 0.213 e. The van der Waals surface area contributed by atoms with Crippen LogP contribution in [0.4, 0.5) is 10.2 Å². The first-order valence-electron chi connectivity index (χ1n) is 7.66. The van der Waals surface area contributed by atoms with Crippen LogP contribution in [0, 0.1) is 11.4 Å². The first-order chi connectivity index (χ1) is 11.1. The number of nitrogens with zero attached hydrogens (tertiary/aromatic N) is 2. The fourth-order valence-corrected chi connectivity index (χ4v) is 2.85. The van der Waals surface area contributed by atoms with Crippen molar-refractivity contribution in [3.05, 3.63) is 41.4 Å². The average Bonchev–Trinajstić information content (AvgIpc) is 2.55. The standard InChI is InChI=1S/C17H19ClFN3O/c1-17(5-8-23-9-6-17)11-21-15-3-2-13(18)16(22-15)12-4-7-20-14(19)10-12/h2-4,7,10H,5-6,8-9,11H2,1H3,(H,21,22). The van der Waals surface area contributed by atoms with Gasteiger partial charge in [-0.15, -0.1) is 0 Å². The maximum atomic E-state index is 13.3. The third-order valence-corrected chi connectivity index (χ3v) is 4.55. The summed E-state index contributed by atoms with van der Waals surface area (Å²) in [7, 11) is 0. The van der Waals surface area contributed by atoms with E-state index in [9.17, 15) is 4.39 Å². The molecule has 1 N–H and O–H groups in total. The molecular formula is C17H19ClFN3O. The van der Waals surface area contributed by atoms with Gasteiger partial charge in [-0.05, 0) is 36.5 Å². The van der Waals surface area contributed by atoms with Crippen LogP contribution in [0.25, 0.3) is 11.3 Å². The van der Waals surface area contributed by atoms with Crippen molar-refractivity contribution in [3.8, 4) is 11.3 Å². The minimum atomic E-state index is -0.548. The molecule has 23 heavy (non-hydrogen) atoms. The van der Waals surface area contributed by atoms with Crippen LogP contribution in [0.3, 0.4) is 0 Å². The van der Waals surface area contributed by atoms with Crippen molar-refractivity contribution in [2.75, 3.05) is 25.1 Å². The van der Waals surface area contributed by atoms with Gasteiger partial charge < -0.3 is 10.1 Å². The van der Waals surface area contributed by atoms with Crippen LogP contribution in [-0.4, -0.2) is 29.7 Å². The third-order valence-electron chi connectivity index (χ3n) is 4.24. The zero-order valence-electron chi connectivity index (χ0n) is 13.0. The average molecular weight is 336 g/mol. The molecule has 2 aromatic heterocycles. The summed E-state index contributed by atoms with van der Waals surface area (Å²) in [4.78, 5) is 8.09. The van der Waals surface area contributed by atoms with Gasteiger partial charge in [0.05, 0.1) is 10.7 Å². The SMILES string of the molecule is CC1(CNc2ccc(Cl)c(-c3ccnc(F)c3)n2)CCOCC1. The molecule has 0 unspecified atom stereocenters. The molecule has 1 aliphatic heterocycles. The largest absolute Gasteiger partial charge is 0.381 e. The van der Waals surface area contributed by atoms with Crippen molar-refractivity contribution in [1.82, 2.24) is 9.97 Å². The van der Waals surface area contributed by atoms with E-state index in [4.69, 9.17) is 16.3 Å². The van der Waals surface area contributed by atoms with Gasteiger partial charge in [-0.2, -0.15) is 4.39 Å². The van der Waals surface area contributed by atoms with Crippen molar-refractivity contribution in [2.45, 2.75) is 19.8 Å². The first kappa shape index (κ1) is 16.1. The van der Waals surface area contributed by atoms with Crippen molar-refractivity contribution in [2.24, 2.45) is 5.41 Å². The normalized spacial score (nSPS) is 17.0. The van der Waals surface area contributed by atoms with Gasteiger partial charge in [0.2, 0.25) is 5.95 Å². The van der Waals surface area contributed by atoms with E-state index in [-0.39, 0.29) is 5.41 Å². The second-order valence-corrected chi connectivity index (χ2v) is 6.58. The minimum absolute atomic E-state index is 0.197. The van der Waals surface area contributed by atoms with E-state index in [2.05, 4.69) is 22.2 Å². The highest BCUT2D eigenvalue weighted by molar-refractivity contribution is 6.33. The Morgan fingerprint density at radius 3 is 2.83 bits per heavy atom. The lowest BCUT2D eigenvalue weighted by atomic mass is 9.82. The number of aromatic nitrogens is 2. The fraction of sp³-hybridized carbons (Fsp3) is 0.412. The Bertz CT molecular complexity index is 689. The zero-order valence-corrected chi connectivity index (χ0v) is 13.7. The second-order valence-electron chi connectivity index (χ2n) is 6.17. The molecule has 0 radical (unpaired) electrons. The monoisotopic (exact) mass is 335 g/mol. The van der Waals surface area contributed by atoms with E-state index in [0.29, 0.717) is 16.3 Å². The summed E-state index contributed by atoms with van der Waals surface area (Å²) in [5.41, 5.74) is 1.36. The van der Waals surface area contributed by atoms with Crippen LogP contribution in [-0.2, 0) is 4.74 Å². The molecule has 4 nitrogen and oxygen atoms in total. The van der Waals surface area contributed by atoms with E-state index in [0.717, 1.165) is 38.4 Å². The molecule has 6 heteroatoms. The maximum absolute atomic E-state index is 13.3. The van der Waals surface area contributed by atoms with E-state index >= 15 is 0 Å². The van der Waals surface area contributed by atoms with Gasteiger partial charge in [-0.25, -0.2) is 9.97 Å². The lowest BCUT2D eigenvalue weighted by Crippen LogP contribution is -2.33. The number of hydrogen-bond donors (Lipinski definition) is 1. The number of anilines is 1. The summed E-state index contributed by atoms with van der Waals surface area (Å²) in [5, 5.41) is 3.86. The Kier molecular flexibility index (Phi) is 4.78. The van der Waals surface area contributed by atoms with E-state index in [1.807, 2.05) is 6.07 Å². The summed E-state index contributed by atoms with van der Waals surface area (Å²) in [6.45, 7) is 4.66. The molecule has 0 aromatic carbocycles. The van der Waals surface area contributed by atoms with Gasteiger partial charge >= 0.3 is 0 Å². The summed E-state index contributed by atoms with van der Waals surface area (Å²) >= 11 is 6.21. The van der Waals surface area contributed by atoms with Gasteiger partial charge in [0.1, 0.15) is 5.82 Å². The molecule has 0 atom stereocenters. The van der Waals surface area contributed by atoms with Crippen LogP contribution in [0.2, 0.25) is 5.02 Å². The van der Waals surface area contributed by atoms with Gasteiger partial charge in [-0.1, -0.05) is 18.5 Å². The molecule has 1 aliphatic rings. The van der Waals surface area contributed by atoms with Crippen LogP contribution < -0.4 is 5.32 Å². The second kappa shape index (κ2) is 6.81. The summed E-state index contributed by atoms with van der Waals surface area (Å²) < 4.78 is 18.7. The molecule has 1 saturated heterocycles. The summed E-state index contributed by atoms with van der Waals surface area (Å²) in [6.07, 6.45) is 3.46. The van der Waals surface area contributed by atoms with Crippen molar-refractivity contribution >= 4 is 17.4 Å². The number of hydrogen-bond acceptors (Lipinski definition) is 4. The Morgan fingerprint density at radius 1 is 1.30 bits per heavy atom. The van der Waals surface area contributed by atoms with E-state index in [1.54, 1.807) is 12.1 Å². The van der Waals surface area contributed by atoms with Crippen molar-refractivity contribution in [3.63, 3.8) is 0 Å². The number of halogens is 2. The highest BCUT2D eigenvalue weighted by Crippen LogP contribution is 2.31. The van der Waals surface area contributed by atoms with Crippen molar-refractivity contribution in [1.29, 1.82) is 0 Å². The molecule has 122 valence electrons. The molecular weight excluding hydrogens is 317 g/mol. The van der Waals surface area contributed by atoms with Crippen LogP contribution in [0.5, 0.6) is 0 Å². The quantitative estimate of drug-likeness (QED) is 0.852. The number of ether oxygens (including phenoxy) is 1. The third kappa shape index (κ3) is 3.98. The lowest BCUT2D eigenvalue weighted by Gasteiger charge is -2.33. The number of nitrogens with one attached hydrogen (secondary N) is 1. The van der Waals surface area contributed by atoms with Crippen molar-refractivity contribution < 1.29 is 9.13 Å². The first-order valence-corrected chi connectivity index (χ1v) is 8.04. The Morgan fingerprint density at radius 2 is 2.09 bits per heavy atom. The predicted molar refractivity (Wildman–Crippen MR) is 89.1 cm³/mol. The fourth-order valence-electron chi connectivity index (χ4n) is 2.64. The van der Waals surface area contributed by atoms with Gasteiger partial charge in [0.15, 0.2) is 0 Å². The number of pyridine rings is 2. The Hall–Kier alpha value is -1.72. The lowest BCUT2D eigenvalue weighted by molar-refractivity contribution is 0.0300. The molecule has 2 aromatic rings. The van der Waals surface area contributed by atoms with Gasteiger partial charge in [-0.3, -0.25) is 0 Å². The molecule has 1 fully saturated rings. The minimum Gasteiger partial charge on any atom is -0.381 e. The Balaban J connectivity index is 1.77. The smallest absolute Gasteiger partial charge is 0.213 e. The zero-order chi connectivity index (χ0) is 16.3. The van der Waals surface area contributed by atoms with Gasteiger partial charge in [0, 0.05) is 37.6 Å². The molecule has 0 bridgehead atoms. The molecule has 0 aliphatic carbocycles. The predicted octanol–water partition coefficient (Wildman–Crippen LogP) is 4.16. The van der Waals surface area contributed by atoms with Crippen LogP contribution >= 0.6 is 11.6 Å². The molecule has 0 spiro atoms. The van der Waals surface area contributed by atoms with Crippen LogP contribution in [0.1, 0.15) is 19.8 Å². The highest BCUT2D eigenvalue weighted by atomic mass is 35.5. The Labute approximate surface area is 140 Å². The molecule has 3 heterocycles. The van der Waals surface area contributed by atoms with Crippen LogP contribution in [0.15, 0.2) is 30.5 Å². The summed E-state index contributed by atoms with van der Waals surface area (Å²) in [6, 6.07) is 6.64. The highest BCUT2D eigenvalue weighted by Gasteiger charge is 2.27. The topological polar surface area (TPSA) is 47.0 Å². The molecule has 0 amide bonds. The van der Waals surface area contributed by atoms with Gasteiger partial charge in [0.25, 0.3) is 0 Å². The summed E-state index contributed by atoms with van der Waals surface area (Å²) in [5.74, 6) is 0.183. The molecule has 3 rings (SSSR count). The van der Waals surface area contributed by atoms with E-state index < -0.39 is 5.95 Å². The molecule has 0 saturated carbocycles.